The number of amides is 2. The monoisotopic (exact) mass is 513 g/mol. The third-order valence-corrected chi connectivity index (χ3v) is 6.84. The van der Waals surface area contributed by atoms with Gasteiger partial charge in [0, 0.05) is 12.6 Å². The van der Waals surface area contributed by atoms with Crippen LogP contribution in [0, 0.1) is 5.82 Å². The number of sulfonamides is 1. The molecule has 0 aromatic heterocycles. The minimum absolute atomic E-state index is 0.0514. The lowest BCUT2D eigenvalue weighted by atomic mass is 10.2. The van der Waals surface area contributed by atoms with Crippen LogP contribution in [0.5, 0.6) is 5.75 Å². The Labute approximate surface area is 202 Å². The first-order chi connectivity index (χ1) is 15.8. The number of nitrogens with one attached hydrogen (secondary N) is 2. The maximum absolute atomic E-state index is 13.6. The molecule has 9 nitrogen and oxygen atoms in total. The number of carbonyl (C=O) groups is 2. The Bertz CT molecular complexity index is 1220. The molecule has 12 heteroatoms. The van der Waals surface area contributed by atoms with E-state index in [0.29, 0.717) is 0 Å². The molecule has 2 amide bonds. The zero-order valence-electron chi connectivity index (χ0n) is 19.0. The number of fused-ring (bicyclic) bond motifs is 1. The zero-order chi connectivity index (χ0) is 25.3. The number of ether oxygens (including phenoxy) is 2. The number of carbonyl (C=O) groups excluding carboxylic acids is 2. The number of hydrogen-bond donors (Lipinski definition) is 2. The van der Waals surface area contributed by atoms with Crippen LogP contribution in [-0.2, 0) is 19.6 Å². The van der Waals surface area contributed by atoms with Gasteiger partial charge in [-0.3, -0.25) is 14.4 Å². The van der Waals surface area contributed by atoms with Gasteiger partial charge >= 0.3 is 6.09 Å². The molecule has 0 fully saturated rings. The molecule has 0 aliphatic carbocycles. The Hall–Kier alpha value is -3.05. The first-order valence-electron chi connectivity index (χ1n) is 10.3. The molecule has 2 aromatic carbocycles. The van der Waals surface area contributed by atoms with Crippen LogP contribution in [0.3, 0.4) is 0 Å². The van der Waals surface area contributed by atoms with Crippen LogP contribution in [0.15, 0.2) is 41.3 Å². The standard InChI is InChI=1S/C22H25ClFN3O6S/c1-13(28)25-11-16-12-27(34(30,31)20-8-5-14(24)9-17(20)23)18-10-15(6-7-19(18)32-16)26-21(29)33-22(2,3)4/h5-10,16H,11-12H2,1-4H3,(H,25,28)(H,26,29)/t16-/m0/s1. The fourth-order valence-electron chi connectivity index (χ4n) is 3.21. The number of rotatable bonds is 5. The molecule has 3 rings (SSSR count). The van der Waals surface area contributed by atoms with Crippen LogP contribution in [-0.4, -0.2) is 45.2 Å². The summed E-state index contributed by atoms with van der Waals surface area (Å²) in [5.74, 6) is -0.779. The third-order valence-electron chi connectivity index (χ3n) is 4.58. The molecular weight excluding hydrogens is 489 g/mol. The lowest BCUT2D eigenvalue weighted by molar-refractivity contribution is -0.119. The second-order valence-electron chi connectivity index (χ2n) is 8.60. The second-order valence-corrected chi connectivity index (χ2v) is 10.8. The van der Waals surface area contributed by atoms with Crippen molar-refractivity contribution in [1.82, 2.24) is 5.32 Å². The van der Waals surface area contributed by atoms with Gasteiger partial charge in [-0.1, -0.05) is 11.6 Å². The van der Waals surface area contributed by atoms with Gasteiger partial charge in [-0.25, -0.2) is 17.6 Å². The molecule has 1 aliphatic heterocycles. The summed E-state index contributed by atoms with van der Waals surface area (Å²) in [5, 5.41) is 4.88. The molecular formula is C22H25ClFN3O6S. The second kappa shape index (κ2) is 9.67. The van der Waals surface area contributed by atoms with Gasteiger partial charge in [-0.2, -0.15) is 0 Å². The van der Waals surface area contributed by atoms with Crippen LogP contribution in [0.2, 0.25) is 5.02 Å². The van der Waals surface area contributed by atoms with Crippen molar-refractivity contribution in [3.05, 3.63) is 47.2 Å². The van der Waals surface area contributed by atoms with Gasteiger partial charge in [-0.15, -0.1) is 0 Å². The van der Waals surface area contributed by atoms with E-state index in [1.807, 2.05) is 0 Å². The minimum atomic E-state index is -4.27. The van der Waals surface area contributed by atoms with Crippen molar-refractivity contribution in [1.29, 1.82) is 0 Å². The summed E-state index contributed by atoms with van der Waals surface area (Å²) in [6.07, 6.45) is -1.43. The van der Waals surface area contributed by atoms with Crippen LogP contribution >= 0.6 is 11.6 Å². The molecule has 0 bridgehead atoms. The molecule has 0 saturated heterocycles. The summed E-state index contributed by atoms with van der Waals surface area (Å²) >= 11 is 6.05. The van der Waals surface area contributed by atoms with Crippen LogP contribution in [0.4, 0.5) is 20.6 Å². The highest BCUT2D eigenvalue weighted by molar-refractivity contribution is 7.93. The van der Waals surface area contributed by atoms with Crippen molar-refractivity contribution in [2.45, 2.75) is 44.3 Å². The van der Waals surface area contributed by atoms with Gasteiger partial charge < -0.3 is 14.8 Å². The van der Waals surface area contributed by atoms with Crippen molar-refractivity contribution < 1.29 is 31.9 Å². The van der Waals surface area contributed by atoms with E-state index < -0.39 is 33.6 Å². The van der Waals surface area contributed by atoms with Crippen molar-refractivity contribution in [2.24, 2.45) is 0 Å². The highest BCUT2D eigenvalue weighted by atomic mass is 35.5. The SMILES string of the molecule is CC(=O)NC[C@H]1CN(S(=O)(=O)c2ccc(F)cc2Cl)c2cc(NC(=O)OC(C)(C)C)ccc2O1. The maximum atomic E-state index is 13.6. The fraction of sp³-hybridized carbons (Fsp3) is 0.364. The maximum Gasteiger partial charge on any atom is 0.412 e. The van der Waals surface area contributed by atoms with E-state index in [2.05, 4.69) is 10.6 Å². The topological polar surface area (TPSA) is 114 Å². The molecule has 0 saturated carbocycles. The number of anilines is 2. The fourth-order valence-corrected chi connectivity index (χ4v) is 5.21. The molecule has 0 radical (unpaired) electrons. The van der Waals surface area contributed by atoms with Gasteiger partial charge in [0.05, 0.1) is 23.8 Å². The van der Waals surface area contributed by atoms with Crippen LogP contribution in [0.25, 0.3) is 0 Å². The summed E-state index contributed by atoms with van der Waals surface area (Å²) in [5.41, 5.74) is -0.331. The van der Waals surface area contributed by atoms with Crippen molar-refractivity contribution in [3.8, 4) is 5.75 Å². The van der Waals surface area contributed by atoms with Crippen molar-refractivity contribution in [3.63, 3.8) is 0 Å². The third kappa shape index (κ3) is 6.09. The summed E-state index contributed by atoms with van der Waals surface area (Å²) in [7, 11) is -4.27. The predicted octanol–water partition coefficient (Wildman–Crippen LogP) is 3.92. The van der Waals surface area contributed by atoms with E-state index in [0.717, 1.165) is 22.5 Å². The molecule has 1 aliphatic rings. The minimum Gasteiger partial charge on any atom is -0.484 e. The Morgan fingerprint density at radius 3 is 2.56 bits per heavy atom. The van der Waals surface area contributed by atoms with E-state index in [1.54, 1.807) is 20.8 Å². The Kier molecular flexibility index (Phi) is 7.27. The smallest absolute Gasteiger partial charge is 0.412 e. The van der Waals surface area contributed by atoms with Crippen LogP contribution < -0.4 is 19.7 Å². The zero-order valence-corrected chi connectivity index (χ0v) is 20.6. The van der Waals surface area contributed by atoms with Gasteiger partial charge in [0.1, 0.15) is 28.2 Å². The molecule has 2 aromatic rings. The van der Waals surface area contributed by atoms with E-state index in [9.17, 15) is 22.4 Å². The summed E-state index contributed by atoms with van der Waals surface area (Å²) in [6.45, 7) is 6.35. The Balaban J connectivity index is 2.01. The summed E-state index contributed by atoms with van der Waals surface area (Å²) < 4.78 is 52.8. The lowest BCUT2D eigenvalue weighted by Gasteiger charge is -2.36. The number of hydrogen-bond acceptors (Lipinski definition) is 6. The van der Waals surface area contributed by atoms with Gasteiger partial charge in [-0.05, 0) is 57.2 Å². The van der Waals surface area contributed by atoms with Gasteiger partial charge in [0.15, 0.2) is 0 Å². The van der Waals surface area contributed by atoms with Crippen molar-refractivity contribution in [2.75, 3.05) is 22.7 Å². The predicted molar refractivity (Wildman–Crippen MR) is 125 cm³/mol. The molecule has 1 heterocycles. The Morgan fingerprint density at radius 2 is 1.94 bits per heavy atom. The van der Waals surface area contributed by atoms with E-state index >= 15 is 0 Å². The van der Waals surface area contributed by atoms with E-state index in [-0.39, 0.29) is 46.0 Å². The Morgan fingerprint density at radius 1 is 1.24 bits per heavy atom. The highest BCUT2D eigenvalue weighted by Gasteiger charge is 2.36. The van der Waals surface area contributed by atoms with E-state index in [4.69, 9.17) is 21.1 Å². The first kappa shape index (κ1) is 25.6. The summed E-state index contributed by atoms with van der Waals surface area (Å²) in [6, 6.07) is 7.42. The van der Waals surface area contributed by atoms with Crippen molar-refractivity contribution >= 4 is 45.0 Å². The molecule has 0 unspecified atom stereocenters. The number of benzene rings is 2. The molecule has 34 heavy (non-hydrogen) atoms. The van der Waals surface area contributed by atoms with Gasteiger partial charge in [0.2, 0.25) is 5.91 Å². The van der Waals surface area contributed by atoms with E-state index in [1.165, 1.54) is 25.1 Å². The summed E-state index contributed by atoms with van der Waals surface area (Å²) in [4.78, 5) is 23.2. The lowest BCUT2D eigenvalue weighted by Crippen LogP contribution is -2.48. The van der Waals surface area contributed by atoms with Gasteiger partial charge in [0.25, 0.3) is 10.0 Å². The largest absolute Gasteiger partial charge is 0.484 e. The average molecular weight is 514 g/mol. The molecule has 2 N–H and O–H groups in total. The molecule has 1 atom stereocenters. The number of halogens is 2. The average Bonchev–Trinajstić information content (AvgIpc) is 2.69. The molecule has 0 spiro atoms. The highest BCUT2D eigenvalue weighted by Crippen LogP contribution is 2.40. The van der Waals surface area contributed by atoms with Crippen LogP contribution in [0.1, 0.15) is 27.7 Å². The quantitative estimate of drug-likeness (QED) is 0.626. The number of nitrogens with zero attached hydrogens (tertiary/aromatic N) is 1. The molecule has 184 valence electrons. The first-order valence-corrected chi connectivity index (χ1v) is 12.1. The normalized spacial score (nSPS) is 15.7.